The van der Waals surface area contributed by atoms with Crippen molar-refractivity contribution in [3.8, 4) is 0 Å². The summed E-state index contributed by atoms with van der Waals surface area (Å²) in [5.74, 6) is -0.0790. The Morgan fingerprint density at radius 2 is 1.63 bits per heavy atom. The molecule has 1 aromatic carbocycles. The number of hydrogen-bond donors (Lipinski definition) is 0. The number of allylic oxidation sites excluding steroid dienone is 2. The van der Waals surface area contributed by atoms with E-state index in [1.54, 1.807) is 13.8 Å². The Labute approximate surface area is 199 Å². The van der Waals surface area contributed by atoms with E-state index in [4.69, 9.17) is 69.6 Å². The first-order valence-electron chi connectivity index (χ1n) is 7.89. The molecule has 10 heteroatoms. The standard InChI is InChI=1S/C17H17BBrCl6N2/c1-5-12(13-10(18-4)7-6-8-11(13)19)26-15(17(23,24)25)27-14(9(2)3)16(20,21)22/h6-8H,5H2,1-4H3. The molecule has 0 fully saturated rings. The maximum Gasteiger partial charge on any atom is 0.250 e. The molecule has 1 aromatic rings. The second kappa shape index (κ2) is 10.6. The average molecular weight is 553 g/mol. The first-order valence-corrected chi connectivity index (χ1v) is 10.9. The van der Waals surface area contributed by atoms with Gasteiger partial charge in [-0.15, -0.1) is 0 Å². The average Bonchev–Trinajstić information content (AvgIpc) is 2.52. The second-order valence-electron chi connectivity index (χ2n) is 5.68. The van der Waals surface area contributed by atoms with Gasteiger partial charge in [0, 0.05) is 10.0 Å². The third kappa shape index (κ3) is 7.40. The molecule has 0 saturated heterocycles. The van der Waals surface area contributed by atoms with Crippen LogP contribution in [0.2, 0.25) is 6.82 Å². The topological polar surface area (TPSA) is 24.7 Å². The first kappa shape index (κ1) is 25.6. The van der Waals surface area contributed by atoms with E-state index in [1.807, 2.05) is 39.2 Å². The van der Waals surface area contributed by atoms with Gasteiger partial charge in [0.15, 0.2) is 5.84 Å². The van der Waals surface area contributed by atoms with Crippen LogP contribution >= 0.6 is 85.5 Å². The molecule has 0 aliphatic rings. The second-order valence-corrected chi connectivity index (χ2v) is 11.1. The highest BCUT2D eigenvalue weighted by Crippen LogP contribution is 2.39. The predicted octanol–water partition coefficient (Wildman–Crippen LogP) is 7.46. The van der Waals surface area contributed by atoms with E-state index in [0.717, 1.165) is 15.5 Å². The summed E-state index contributed by atoms with van der Waals surface area (Å²) in [5.41, 5.74) is 3.37. The van der Waals surface area contributed by atoms with Crippen LogP contribution in [0.3, 0.4) is 0 Å². The molecule has 0 aliphatic heterocycles. The van der Waals surface area contributed by atoms with E-state index >= 15 is 0 Å². The molecule has 0 aliphatic carbocycles. The normalized spacial score (nSPS) is 13.6. The Balaban J connectivity index is 3.72. The molecule has 0 amide bonds. The summed E-state index contributed by atoms with van der Waals surface area (Å²) in [7, 11) is 1.97. The lowest BCUT2D eigenvalue weighted by molar-refractivity contribution is 1.10. The van der Waals surface area contributed by atoms with Crippen molar-refractivity contribution in [3.05, 3.63) is 39.5 Å². The molecular weight excluding hydrogens is 536 g/mol. The zero-order valence-corrected chi connectivity index (χ0v) is 21.2. The summed E-state index contributed by atoms with van der Waals surface area (Å²) in [5, 5.41) is 0. The summed E-state index contributed by atoms with van der Waals surface area (Å²) in [6.45, 7) is 7.38. The molecule has 147 valence electrons. The Morgan fingerprint density at radius 1 is 1.04 bits per heavy atom. The Hall–Kier alpha value is 0.585. The van der Waals surface area contributed by atoms with Crippen molar-refractivity contribution >= 4 is 110 Å². The van der Waals surface area contributed by atoms with Crippen LogP contribution in [0.4, 0.5) is 0 Å². The minimum atomic E-state index is -1.91. The van der Waals surface area contributed by atoms with Crippen molar-refractivity contribution in [2.45, 2.75) is 41.6 Å². The summed E-state index contributed by atoms with van der Waals surface area (Å²) in [4.78, 5) is 8.86. The van der Waals surface area contributed by atoms with Crippen molar-refractivity contribution in [1.29, 1.82) is 0 Å². The van der Waals surface area contributed by atoms with Crippen molar-refractivity contribution in [2.75, 3.05) is 0 Å². The van der Waals surface area contributed by atoms with E-state index in [-0.39, 0.29) is 11.5 Å². The van der Waals surface area contributed by atoms with Gasteiger partial charge in [0.05, 0.1) is 11.4 Å². The summed E-state index contributed by atoms with van der Waals surface area (Å²) in [6, 6.07) is 5.83. The molecule has 1 radical (unpaired) electrons. The Morgan fingerprint density at radius 3 is 2.04 bits per heavy atom. The lowest BCUT2D eigenvalue weighted by atomic mass is 9.70. The van der Waals surface area contributed by atoms with Crippen molar-refractivity contribution in [1.82, 2.24) is 0 Å². The van der Waals surface area contributed by atoms with Crippen LogP contribution in [0.25, 0.3) is 0 Å². The monoisotopic (exact) mass is 549 g/mol. The molecular formula is C17H17BBrCl6N2. The maximum absolute atomic E-state index is 6.12. The summed E-state index contributed by atoms with van der Waals surface area (Å²) >= 11 is 40.0. The van der Waals surface area contributed by atoms with Gasteiger partial charge >= 0.3 is 0 Å². The van der Waals surface area contributed by atoms with Gasteiger partial charge in [-0.2, -0.15) is 0 Å². The van der Waals surface area contributed by atoms with Gasteiger partial charge in [-0.3, -0.25) is 0 Å². The van der Waals surface area contributed by atoms with E-state index in [1.165, 1.54) is 0 Å². The van der Waals surface area contributed by atoms with Crippen LogP contribution in [0, 0.1) is 0 Å². The van der Waals surface area contributed by atoms with Crippen LogP contribution in [0.1, 0.15) is 32.8 Å². The van der Waals surface area contributed by atoms with Crippen LogP contribution in [0.15, 0.2) is 43.9 Å². The molecule has 2 nitrogen and oxygen atoms in total. The zero-order valence-electron chi connectivity index (χ0n) is 15.1. The van der Waals surface area contributed by atoms with Gasteiger partial charge in [0.2, 0.25) is 7.59 Å². The van der Waals surface area contributed by atoms with Crippen molar-refractivity contribution in [2.24, 2.45) is 9.98 Å². The number of halogens is 7. The number of hydrogen-bond acceptors (Lipinski definition) is 1. The quantitative estimate of drug-likeness (QED) is 0.160. The molecule has 0 saturated carbocycles. The number of aliphatic imine (C=N–C) groups is 2. The van der Waals surface area contributed by atoms with Crippen LogP contribution in [-0.4, -0.2) is 26.4 Å². The fourth-order valence-corrected chi connectivity index (χ4v) is 3.80. The highest BCUT2D eigenvalue weighted by molar-refractivity contribution is 9.10. The molecule has 0 atom stereocenters. The predicted molar refractivity (Wildman–Crippen MR) is 129 cm³/mol. The zero-order chi connectivity index (χ0) is 21.0. The van der Waals surface area contributed by atoms with Gasteiger partial charge in [-0.1, -0.05) is 122 Å². The molecule has 0 aromatic heterocycles. The van der Waals surface area contributed by atoms with E-state index in [9.17, 15) is 0 Å². The third-order valence-electron chi connectivity index (χ3n) is 3.43. The largest absolute Gasteiger partial charge is 0.250 e. The van der Waals surface area contributed by atoms with Crippen molar-refractivity contribution in [3.63, 3.8) is 0 Å². The number of alkyl halides is 6. The minimum absolute atomic E-state index is 0.0790. The van der Waals surface area contributed by atoms with Crippen molar-refractivity contribution < 1.29 is 0 Å². The van der Waals surface area contributed by atoms with Gasteiger partial charge in [-0.05, 0) is 26.3 Å². The molecule has 0 heterocycles. The minimum Gasteiger partial charge on any atom is -0.233 e. The summed E-state index contributed by atoms with van der Waals surface area (Å²) in [6.07, 6.45) is 0.571. The van der Waals surface area contributed by atoms with E-state index < -0.39 is 7.59 Å². The third-order valence-corrected chi connectivity index (χ3v) is 5.14. The highest BCUT2D eigenvalue weighted by Gasteiger charge is 2.33. The lowest BCUT2D eigenvalue weighted by Gasteiger charge is -2.19. The van der Waals surface area contributed by atoms with E-state index in [0.29, 0.717) is 17.7 Å². The lowest BCUT2D eigenvalue weighted by Crippen LogP contribution is -2.25. The molecule has 27 heavy (non-hydrogen) atoms. The smallest absolute Gasteiger partial charge is 0.233 e. The number of nitrogens with zero attached hydrogens (tertiary/aromatic N) is 2. The first-order chi connectivity index (χ1) is 12.3. The van der Waals surface area contributed by atoms with Gasteiger partial charge in [0.1, 0.15) is 7.28 Å². The van der Waals surface area contributed by atoms with Crippen LogP contribution < -0.4 is 5.46 Å². The highest BCUT2D eigenvalue weighted by atomic mass is 79.9. The fraction of sp³-hybridized carbons (Fsp3) is 0.412. The molecule has 0 unspecified atom stereocenters. The Kier molecular flexibility index (Phi) is 10.0. The number of benzene rings is 1. The number of amidine groups is 1. The van der Waals surface area contributed by atoms with Gasteiger partial charge in [0.25, 0.3) is 0 Å². The Bertz CT molecular complexity index is 775. The number of rotatable bonds is 4. The summed E-state index contributed by atoms with van der Waals surface area (Å²) < 4.78 is -2.82. The van der Waals surface area contributed by atoms with Crippen LogP contribution in [0.5, 0.6) is 0 Å². The molecule has 0 spiro atoms. The van der Waals surface area contributed by atoms with Crippen LogP contribution in [-0.2, 0) is 0 Å². The SMILES string of the molecule is C[B]c1cccc(Br)c1C(CC)=NC(=NC(=C(C)C)C(Cl)(Cl)Cl)C(Cl)(Cl)Cl. The fourth-order valence-electron chi connectivity index (χ4n) is 2.24. The molecule has 0 N–H and O–H groups in total. The maximum atomic E-state index is 6.12. The van der Waals surface area contributed by atoms with Gasteiger partial charge in [-0.25, -0.2) is 9.98 Å². The molecule has 1 rings (SSSR count). The molecule has 0 bridgehead atoms. The van der Waals surface area contributed by atoms with E-state index in [2.05, 4.69) is 25.9 Å². The van der Waals surface area contributed by atoms with Gasteiger partial charge < -0.3 is 0 Å².